The molecule has 7 heteroatoms. The molecular weight excluding hydrogens is 390 g/mol. The molecule has 7 nitrogen and oxygen atoms in total. The Bertz CT molecular complexity index is 1080. The highest BCUT2D eigenvalue weighted by Gasteiger charge is 2.30. The highest BCUT2D eigenvalue weighted by molar-refractivity contribution is 5.97. The molecule has 1 fully saturated rings. The van der Waals surface area contributed by atoms with Gasteiger partial charge in [0.05, 0.1) is 23.0 Å². The highest BCUT2D eigenvalue weighted by Crippen LogP contribution is 2.33. The van der Waals surface area contributed by atoms with Crippen molar-refractivity contribution in [3.05, 3.63) is 42.1 Å². The summed E-state index contributed by atoms with van der Waals surface area (Å²) in [5.74, 6) is 1.91. The maximum Gasteiger partial charge on any atom is 0.242 e. The number of hydrogen-bond acceptors (Lipinski definition) is 5. The van der Waals surface area contributed by atoms with Crippen molar-refractivity contribution in [1.29, 1.82) is 5.26 Å². The van der Waals surface area contributed by atoms with E-state index in [0.29, 0.717) is 22.8 Å². The molecule has 2 N–H and O–H groups in total. The summed E-state index contributed by atoms with van der Waals surface area (Å²) < 4.78 is 0. The van der Waals surface area contributed by atoms with E-state index in [2.05, 4.69) is 21.5 Å². The number of carbonyl (C=O) groups is 2. The zero-order valence-electron chi connectivity index (χ0n) is 17.8. The SMILES string of the molecule is C#Cc1c(NC(=O)C(C#N)C(C)C)cccc1N(C)c1ccnc(NC(=O)C2CC2)c1. The molecule has 0 bridgehead atoms. The van der Waals surface area contributed by atoms with Crippen LogP contribution in [0.5, 0.6) is 0 Å². The van der Waals surface area contributed by atoms with Crippen LogP contribution in [-0.2, 0) is 9.59 Å². The Kier molecular flexibility index (Phi) is 6.57. The fourth-order valence-corrected chi connectivity index (χ4v) is 3.21. The number of aromatic nitrogens is 1. The van der Waals surface area contributed by atoms with Crippen LogP contribution < -0.4 is 15.5 Å². The van der Waals surface area contributed by atoms with E-state index in [0.717, 1.165) is 18.5 Å². The van der Waals surface area contributed by atoms with Crippen molar-refractivity contribution in [2.24, 2.45) is 17.8 Å². The van der Waals surface area contributed by atoms with Gasteiger partial charge in [-0.2, -0.15) is 5.26 Å². The van der Waals surface area contributed by atoms with Crippen LogP contribution in [0.4, 0.5) is 22.9 Å². The Morgan fingerprint density at radius 1 is 1.26 bits per heavy atom. The third-order valence-electron chi connectivity index (χ3n) is 5.22. The molecule has 1 unspecified atom stereocenters. The first-order valence-electron chi connectivity index (χ1n) is 10.2. The maximum atomic E-state index is 12.5. The predicted octanol–water partition coefficient (Wildman–Crippen LogP) is 3.91. The number of nitriles is 1. The van der Waals surface area contributed by atoms with E-state index in [4.69, 9.17) is 6.42 Å². The zero-order chi connectivity index (χ0) is 22.5. The summed E-state index contributed by atoms with van der Waals surface area (Å²) in [4.78, 5) is 30.7. The molecule has 31 heavy (non-hydrogen) atoms. The summed E-state index contributed by atoms with van der Waals surface area (Å²) in [7, 11) is 1.84. The van der Waals surface area contributed by atoms with Crippen LogP contribution in [0.3, 0.4) is 0 Å². The predicted molar refractivity (Wildman–Crippen MR) is 121 cm³/mol. The van der Waals surface area contributed by atoms with E-state index in [-0.39, 0.29) is 23.7 Å². The van der Waals surface area contributed by atoms with Crippen molar-refractivity contribution in [2.45, 2.75) is 26.7 Å². The average molecular weight is 415 g/mol. The summed E-state index contributed by atoms with van der Waals surface area (Å²) >= 11 is 0. The van der Waals surface area contributed by atoms with Gasteiger partial charge in [-0.25, -0.2) is 4.98 Å². The van der Waals surface area contributed by atoms with Gasteiger partial charge in [0.15, 0.2) is 0 Å². The lowest BCUT2D eigenvalue weighted by Gasteiger charge is -2.23. The summed E-state index contributed by atoms with van der Waals surface area (Å²) in [6, 6.07) is 11.0. The molecule has 1 atom stereocenters. The molecule has 0 saturated heterocycles. The second kappa shape index (κ2) is 9.32. The minimum absolute atomic E-state index is 0.0153. The van der Waals surface area contributed by atoms with E-state index in [1.54, 1.807) is 24.4 Å². The Hall–Kier alpha value is -3.84. The van der Waals surface area contributed by atoms with E-state index >= 15 is 0 Å². The number of anilines is 4. The number of pyridine rings is 1. The fraction of sp³-hybridized carbons (Fsp3) is 0.333. The third-order valence-corrected chi connectivity index (χ3v) is 5.22. The molecule has 1 aromatic carbocycles. The molecule has 0 aliphatic heterocycles. The van der Waals surface area contributed by atoms with E-state index < -0.39 is 5.92 Å². The van der Waals surface area contributed by atoms with Crippen LogP contribution in [0.2, 0.25) is 0 Å². The summed E-state index contributed by atoms with van der Waals surface area (Å²) in [5.41, 5.74) is 2.44. The average Bonchev–Trinajstić information content (AvgIpc) is 3.59. The van der Waals surface area contributed by atoms with Gasteiger partial charge in [-0.1, -0.05) is 25.8 Å². The molecule has 1 aliphatic carbocycles. The maximum absolute atomic E-state index is 12.5. The molecule has 2 amide bonds. The molecule has 2 aromatic rings. The quantitative estimate of drug-likeness (QED) is 0.668. The molecular formula is C24H25N5O2. The molecule has 0 radical (unpaired) electrons. The lowest BCUT2D eigenvalue weighted by atomic mass is 9.96. The molecule has 1 aromatic heterocycles. The largest absolute Gasteiger partial charge is 0.343 e. The fourth-order valence-electron chi connectivity index (χ4n) is 3.21. The van der Waals surface area contributed by atoms with Crippen LogP contribution in [0, 0.1) is 41.4 Å². The van der Waals surface area contributed by atoms with Crippen LogP contribution in [0.25, 0.3) is 0 Å². The molecule has 0 spiro atoms. The smallest absolute Gasteiger partial charge is 0.242 e. The molecule has 158 valence electrons. The number of nitrogens with zero attached hydrogens (tertiary/aromatic N) is 3. The Labute approximate surface area is 182 Å². The van der Waals surface area contributed by atoms with Crippen molar-refractivity contribution in [2.75, 3.05) is 22.6 Å². The second-order valence-electron chi connectivity index (χ2n) is 7.91. The summed E-state index contributed by atoms with van der Waals surface area (Å²) in [6.07, 6.45) is 9.24. The van der Waals surface area contributed by atoms with E-state index in [1.807, 2.05) is 44.0 Å². The van der Waals surface area contributed by atoms with Gasteiger partial charge in [-0.15, -0.1) is 6.42 Å². The Morgan fingerprint density at radius 2 is 2.00 bits per heavy atom. The van der Waals surface area contributed by atoms with Crippen molar-refractivity contribution in [3.8, 4) is 18.4 Å². The first-order valence-corrected chi connectivity index (χ1v) is 10.2. The first kappa shape index (κ1) is 21.9. The lowest BCUT2D eigenvalue weighted by Crippen LogP contribution is -2.26. The number of carbonyl (C=O) groups excluding carboxylic acids is 2. The number of hydrogen-bond donors (Lipinski definition) is 2. The highest BCUT2D eigenvalue weighted by atomic mass is 16.2. The van der Waals surface area contributed by atoms with E-state index in [9.17, 15) is 14.9 Å². The van der Waals surface area contributed by atoms with Crippen molar-refractivity contribution in [1.82, 2.24) is 4.98 Å². The standard InChI is InChI=1S/C24H25N5O2/c1-5-18-20(27-24(31)19(14-25)15(2)3)7-6-8-21(18)29(4)17-11-12-26-22(13-17)28-23(30)16-9-10-16/h1,6-8,11-13,15-16,19H,9-10H2,2-4H3,(H,27,31)(H,26,28,30). The summed E-state index contributed by atoms with van der Waals surface area (Å²) in [5, 5.41) is 14.9. The van der Waals surface area contributed by atoms with Crippen molar-refractivity contribution in [3.63, 3.8) is 0 Å². The van der Waals surface area contributed by atoms with Crippen molar-refractivity contribution >= 4 is 34.7 Å². The van der Waals surface area contributed by atoms with Crippen LogP contribution >= 0.6 is 0 Å². The van der Waals surface area contributed by atoms with Crippen molar-refractivity contribution < 1.29 is 9.59 Å². The van der Waals surface area contributed by atoms with Gasteiger partial charge in [-0.05, 0) is 37.0 Å². The van der Waals surface area contributed by atoms with Gasteiger partial charge < -0.3 is 15.5 Å². The zero-order valence-corrected chi connectivity index (χ0v) is 17.8. The lowest BCUT2D eigenvalue weighted by molar-refractivity contribution is -0.119. The number of terminal acetylenes is 1. The second-order valence-corrected chi connectivity index (χ2v) is 7.91. The first-order chi connectivity index (χ1) is 14.8. The topological polar surface area (TPSA) is 98.1 Å². The van der Waals surface area contributed by atoms with E-state index in [1.165, 1.54) is 0 Å². The number of benzene rings is 1. The van der Waals surface area contributed by atoms with Gasteiger partial charge in [-0.3, -0.25) is 9.59 Å². The number of nitrogens with one attached hydrogen (secondary N) is 2. The van der Waals surface area contributed by atoms with Crippen LogP contribution in [-0.4, -0.2) is 23.8 Å². The molecule has 1 saturated carbocycles. The third kappa shape index (κ3) is 5.02. The molecule has 3 rings (SSSR count). The Balaban J connectivity index is 1.86. The van der Waals surface area contributed by atoms with Gasteiger partial charge in [0.25, 0.3) is 0 Å². The number of rotatable bonds is 7. The molecule has 1 heterocycles. The minimum Gasteiger partial charge on any atom is -0.343 e. The van der Waals surface area contributed by atoms with Crippen LogP contribution in [0.1, 0.15) is 32.3 Å². The monoisotopic (exact) mass is 415 g/mol. The molecule has 1 aliphatic rings. The Morgan fingerprint density at radius 3 is 2.61 bits per heavy atom. The van der Waals surface area contributed by atoms with Gasteiger partial charge in [0.2, 0.25) is 11.8 Å². The normalized spacial score (nSPS) is 13.6. The van der Waals surface area contributed by atoms with Gasteiger partial charge in [0, 0.05) is 30.9 Å². The summed E-state index contributed by atoms with van der Waals surface area (Å²) in [6.45, 7) is 3.64. The number of amides is 2. The van der Waals surface area contributed by atoms with Crippen LogP contribution in [0.15, 0.2) is 36.5 Å². The minimum atomic E-state index is -0.773. The van der Waals surface area contributed by atoms with Gasteiger partial charge in [0.1, 0.15) is 11.7 Å². The van der Waals surface area contributed by atoms with Gasteiger partial charge >= 0.3 is 0 Å².